The van der Waals surface area contributed by atoms with Crippen LogP contribution in [0.3, 0.4) is 0 Å². The van der Waals surface area contributed by atoms with Crippen molar-refractivity contribution < 1.29 is 27.5 Å². The minimum absolute atomic E-state index is 0.104. The van der Waals surface area contributed by atoms with Crippen LogP contribution in [-0.2, 0) is 14.8 Å². The Kier molecular flexibility index (Phi) is 7.61. The molecule has 0 aromatic heterocycles. The molecule has 35 heavy (non-hydrogen) atoms. The lowest BCUT2D eigenvalue weighted by molar-refractivity contribution is -0.124. The van der Waals surface area contributed by atoms with Gasteiger partial charge >= 0.3 is 0 Å². The molecule has 0 aliphatic carbocycles. The number of aryl methyl sites for hydroxylation is 1. The molecule has 0 unspecified atom stereocenters. The highest BCUT2D eigenvalue weighted by molar-refractivity contribution is 7.89. The average molecular weight is 502 g/mol. The van der Waals surface area contributed by atoms with Gasteiger partial charge in [0.15, 0.2) is 11.5 Å². The number of fused-ring (bicyclic) bond motifs is 1. The number of hydrogen-bond donors (Lipinski definition) is 2. The van der Waals surface area contributed by atoms with E-state index >= 15 is 0 Å². The van der Waals surface area contributed by atoms with Crippen LogP contribution in [0.15, 0.2) is 47.4 Å². The zero-order valence-electron chi connectivity index (χ0n) is 20.0. The molecule has 1 atom stereocenters. The van der Waals surface area contributed by atoms with E-state index < -0.39 is 22.0 Å². The molecule has 1 fully saturated rings. The number of carbonyl (C=O) groups excluding carboxylic acids is 2. The monoisotopic (exact) mass is 501 g/mol. The second-order valence-electron chi connectivity index (χ2n) is 8.86. The van der Waals surface area contributed by atoms with Gasteiger partial charge in [-0.2, -0.15) is 4.31 Å². The molecule has 188 valence electrons. The summed E-state index contributed by atoms with van der Waals surface area (Å²) >= 11 is 0. The molecule has 2 aliphatic heterocycles. The lowest BCUT2D eigenvalue weighted by Gasteiger charge is -2.35. The number of amides is 2. The first-order valence-electron chi connectivity index (χ1n) is 11.8. The van der Waals surface area contributed by atoms with Gasteiger partial charge in [-0.05, 0) is 62.4 Å². The molecule has 0 bridgehead atoms. The van der Waals surface area contributed by atoms with Crippen LogP contribution in [-0.4, -0.2) is 57.0 Å². The Morgan fingerprint density at radius 3 is 2.43 bits per heavy atom. The van der Waals surface area contributed by atoms with Crippen molar-refractivity contribution in [3.8, 4) is 11.5 Å². The SMILES string of the molecule is CCCNC(=O)[C@H](NC(=O)c1ccc2c(c1)OCO2)C1CCN(S(=O)(=O)c2ccc(C)cc2)CC1. The van der Waals surface area contributed by atoms with Crippen molar-refractivity contribution in [3.63, 3.8) is 0 Å². The van der Waals surface area contributed by atoms with Crippen molar-refractivity contribution >= 4 is 21.8 Å². The van der Waals surface area contributed by atoms with Crippen LogP contribution in [0.2, 0.25) is 0 Å². The number of benzene rings is 2. The van der Waals surface area contributed by atoms with Gasteiger partial charge in [0.2, 0.25) is 22.7 Å². The van der Waals surface area contributed by atoms with Crippen LogP contribution >= 0.6 is 0 Å². The first-order chi connectivity index (χ1) is 16.8. The standard InChI is InChI=1S/C25H31N3O6S/c1-3-12-26-25(30)23(27-24(29)19-6-9-21-22(15-19)34-16-33-21)18-10-13-28(14-11-18)35(31,32)20-7-4-17(2)5-8-20/h4-9,15,18,23H,3,10-14,16H2,1-2H3,(H,26,30)(H,27,29)/t23-/m1/s1. The molecule has 0 spiro atoms. The fourth-order valence-electron chi connectivity index (χ4n) is 4.33. The Balaban J connectivity index is 1.46. The molecule has 10 heteroatoms. The van der Waals surface area contributed by atoms with E-state index in [1.54, 1.807) is 42.5 Å². The summed E-state index contributed by atoms with van der Waals surface area (Å²) in [7, 11) is -3.61. The number of rotatable bonds is 8. The van der Waals surface area contributed by atoms with Crippen molar-refractivity contribution in [3.05, 3.63) is 53.6 Å². The van der Waals surface area contributed by atoms with E-state index in [-0.39, 0.29) is 36.6 Å². The van der Waals surface area contributed by atoms with Crippen LogP contribution in [0, 0.1) is 12.8 Å². The minimum Gasteiger partial charge on any atom is -0.454 e. The number of nitrogens with one attached hydrogen (secondary N) is 2. The van der Waals surface area contributed by atoms with Gasteiger partial charge in [0.1, 0.15) is 6.04 Å². The summed E-state index contributed by atoms with van der Waals surface area (Å²) in [6, 6.07) is 10.9. The van der Waals surface area contributed by atoms with Crippen LogP contribution in [0.4, 0.5) is 0 Å². The third-order valence-corrected chi connectivity index (χ3v) is 8.29. The maximum absolute atomic E-state index is 13.1. The molecule has 0 radical (unpaired) electrons. The molecule has 2 amide bonds. The summed E-state index contributed by atoms with van der Waals surface area (Å²) in [6.45, 7) is 5.01. The highest BCUT2D eigenvalue weighted by Crippen LogP contribution is 2.33. The minimum atomic E-state index is -3.61. The van der Waals surface area contributed by atoms with E-state index in [0.29, 0.717) is 36.4 Å². The predicted molar refractivity (Wildman–Crippen MR) is 130 cm³/mol. The first-order valence-corrected chi connectivity index (χ1v) is 13.3. The summed E-state index contributed by atoms with van der Waals surface area (Å²) in [6.07, 6.45) is 1.68. The Hall–Kier alpha value is -3.11. The van der Waals surface area contributed by atoms with Crippen molar-refractivity contribution in [1.82, 2.24) is 14.9 Å². The Bertz CT molecular complexity index is 1170. The molecule has 0 saturated carbocycles. The molecule has 2 aromatic rings. The number of nitrogens with zero attached hydrogens (tertiary/aromatic N) is 1. The second kappa shape index (κ2) is 10.7. The van der Waals surface area contributed by atoms with Gasteiger partial charge < -0.3 is 20.1 Å². The van der Waals surface area contributed by atoms with Gasteiger partial charge in [0.05, 0.1) is 4.90 Å². The molecular weight excluding hydrogens is 470 g/mol. The van der Waals surface area contributed by atoms with Gasteiger partial charge in [0, 0.05) is 25.2 Å². The topological polar surface area (TPSA) is 114 Å². The van der Waals surface area contributed by atoms with Crippen molar-refractivity contribution in [1.29, 1.82) is 0 Å². The third-order valence-electron chi connectivity index (χ3n) is 6.38. The Morgan fingerprint density at radius 2 is 1.74 bits per heavy atom. The van der Waals surface area contributed by atoms with Crippen LogP contribution < -0.4 is 20.1 Å². The normalized spacial score (nSPS) is 17.1. The Morgan fingerprint density at radius 1 is 1.06 bits per heavy atom. The van der Waals surface area contributed by atoms with Crippen molar-refractivity contribution in [2.75, 3.05) is 26.4 Å². The van der Waals surface area contributed by atoms with Crippen LogP contribution in [0.1, 0.15) is 42.1 Å². The quantitative estimate of drug-likeness (QED) is 0.574. The van der Waals surface area contributed by atoms with E-state index in [1.807, 2.05) is 13.8 Å². The highest BCUT2D eigenvalue weighted by Gasteiger charge is 2.36. The van der Waals surface area contributed by atoms with Crippen LogP contribution in [0.5, 0.6) is 11.5 Å². The summed E-state index contributed by atoms with van der Waals surface area (Å²) in [5, 5.41) is 5.75. The average Bonchev–Trinajstić information content (AvgIpc) is 3.34. The number of sulfonamides is 1. The van der Waals surface area contributed by atoms with E-state index in [0.717, 1.165) is 12.0 Å². The maximum atomic E-state index is 13.1. The Labute approximate surface area is 205 Å². The van der Waals surface area contributed by atoms with E-state index in [1.165, 1.54) is 4.31 Å². The molecule has 2 N–H and O–H groups in total. The summed E-state index contributed by atoms with van der Waals surface area (Å²) in [5.74, 6) is 0.199. The fourth-order valence-corrected chi connectivity index (χ4v) is 5.80. The molecule has 2 aromatic carbocycles. The number of hydrogen-bond acceptors (Lipinski definition) is 6. The molecular formula is C25H31N3O6S. The van der Waals surface area contributed by atoms with Crippen molar-refractivity contribution in [2.45, 2.75) is 44.0 Å². The van der Waals surface area contributed by atoms with E-state index in [9.17, 15) is 18.0 Å². The van der Waals surface area contributed by atoms with Gasteiger partial charge in [-0.15, -0.1) is 0 Å². The summed E-state index contributed by atoms with van der Waals surface area (Å²) in [5.41, 5.74) is 1.35. The number of piperidine rings is 1. The first kappa shape index (κ1) is 25.0. The smallest absolute Gasteiger partial charge is 0.252 e. The molecule has 9 nitrogen and oxygen atoms in total. The predicted octanol–water partition coefficient (Wildman–Crippen LogP) is 2.45. The molecule has 2 aliphatic rings. The fraction of sp³-hybridized carbons (Fsp3) is 0.440. The molecule has 1 saturated heterocycles. The van der Waals surface area contributed by atoms with Crippen molar-refractivity contribution in [2.24, 2.45) is 5.92 Å². The van der Waals surface area contributed by atoms with E-state index in [2.05, 4.69) is 10.6 Å². The molecule has 2 heterocycles. The largest absolute Gasteiger partial charge is 0.454 e. The summed E-state index contributed by atoms with van der Waals surface area (Å²) in [4.78, 5) is 26.3. The number of ether oxygens (including phenoxy) is 2. The van der Waals surface area contributed by atoms with Gasteiger partial charge in [-0.1, -0.05) is 24.6 Å². The summed E-state index contributed by atoms with van der Waals surface area (Å²) < 4.78 is 38.2. The molecule has 4 rings (SSSR count). The maximum Gasteiger partial charge on any atom is 0.252 e. The zero-order chi connectivity index (χ0) is 25.0. The van der Waals surface area contributed by atoms with Gasteiger partial charge in [0.25, 0.3) is 5.91 Å². The van der Waals surface area contributed by atoms with Gasteiger partial charge in [-0.25, -0.2) is 8.42 Å². The lowest BCUT2D eigenvalue weighted by Crippen LogP contribution is -2.53. The van der Waals surface area contributed by atoms with E-state index in [4.69, 9.17) is 9.47 Å². The third kappa shape index (κ3) is 5.59. The van der Waals surface area contributed by atoms with Gasteiger partial charge in [-0.3, -0.25) is 9.59 Å². The van der Waals surface area contributed by atoms with Crippen LogP contribution in [0.25, 0.3) is 0 Å². The zero-order valence-corrected chi connectivity index (χ0v) is 20.8. The number of carbonyl (C=O) groups is 2. The second-order valence-corrected chi connectivity index (χ2v) is 10.8. The lowest BCUT2D eigenvalue weighted by atomic mass is 9.89. The highest BCUT2D eigenvalue weighted by atomic mass is 32.2.